The van der Waals surface area contributed by atoms with Crippen molar-refractivity contribution < 1.29 is 9.15 Å². The van der Waals surface area contributed by atoms with Crippen molar-refractivity contribution in [3.63, 3.8) is 0 Å². The van der Waals surface area contributed by atoms with Gasteiger partial charge in [0.25, 0.3) is 0 Å². The number of hydrogen-bond donors (Lipinski definition) is 1. The maximum atomic E-state index is 5.88. The molecule has 0 fully saturated rings. The van der Waals surface area contributed by atoms with Crippen molar-refractivity contribution >= 4 is 12.4 Å². The molecule has 1 N–H and O–H groups in total. The standard InChI is InChI=1S/C19H17N5O2.ClH/c1-2-7-16(8-3-1)24-19(21-22-23-24)26-17-9-4-6-15(12-17)13-20-14-18-10-5-11-25-18;/h1-12,20H,13-14H2;1H. The molecule has 0 aliphatic carbocycles. The third-order valence-corrected chi connectivity index (χ3v) is 3.76. The zero-order valence-electron chi connectivity index (χ0n) is 14.4. The Hall–Kier alpha value is -3.16. The van der Waals surface area contributed by atoms with E-state index in [0.717, 1.165) is 17.0 Å². The Balaban J connectivity index is 0.00000210. The largest absolute Gasteiger partial charge is 0.468 e. The van der Waals surface area contributed by atoms with E-state index >= 15 is 0 Å². The van der Waals surface area contributed by atoms with Crippen molar-refractivity contribution in [2.24, 2.45) is 0 Å². The molecule has 8 heteroatoms. The maximum Gasteiger partial charge on any atom is 0.345 e. The molecule has 2 aromatic heterocycles. The van der Waals surface area contributed by atoms with Gasteiger partial charge in [-0.15, -0.1) is 12.4 Å². The number of rotatable bonds is 7. The molecular formula is C19H18ClN5O2. The number of halogens is 1. The summed E-state index contributed by atoms with van der Waals surface area (Å²) in [5, 5.41) is 15.0. The summed E-state index contributed by atoms with van der Waals surface area (Å²) in [6.07, 6.45) is 1.67. The number of aromatic nitrogens is 4. The normalized spacial score (nSPS) is 10.4. The predicted octanol–water partition coefficient (Wildman–Crippen LogP) is 3.76. The molecule has 0 aliphatic heterocycles. The first-order valence-electron chi connectivity index (χ1n) is 8.22. The smallest absolute Gasteiger partial charge is 0.345 e. The molecule has 138 valence electrons. The Morgan fingerprint density at radius 1 is 0.963 bits per heavy atom. The Morgan fingerprint density at radius 3 is 2.67 bits per heavy atom. The van der Waals surface area contributed by atoms with E-state index in [9.17, 15) is 0 Å². The number of para-hydroxylation sites is 1. The van der Waals surface area contributed by atoms with Crippen LogP contribution in [-0.4, -0.2) is 20.2 Å². The number of nitrogens with zero attached hydrogens (tertiary/aromatic N) is 4. The van der Waals surface area contributed by atoms with Gasteiger partial charge < -0.3 is 14.5 Å². The number of ether oxygens (including phenoxy) is 1. The van der Waals surface area contributed by atoms with Crippen LogP contribution in [0.25, 0.3) is 5.69 Å². The Bertz CT molecular complexity index is 957. The molecule has 7 nitrogen and oxygen atoms in total. The summed E-state index contributed by atoms with van der Waals surface area (Å²) < 4.78 is 12.7. The van der Waals surface area contributed by atoms with Gasteiger partial charge in [-0.05, 0) is 52.4 Å². The molecule has 0 saturated carbocycles. The summed E-state index contributed by atoms with van der Waals surface area (Å²) in [6, 6.07) is 21.6. The fourth-order valence-corrected chi connectivity index (χ4v) is 2.54. The first-order chi connectivity index (χ1) is 12.9. The van der Waals surface area contributed by atoms with Crippen LogP contribution in [0.15, 0.2) is 77.4 Å². The van der Waals surface area contributed by atoms with Gasteiger partial charge in [0.05, 0.1) is 18.5 Å². The monoisotopic (exact) mass is 383 g/mol. The van der Waals surface area contributed by atoms with E-state index in [1.807, 2.05) is 66.7 Å². The third kappa shape index (κ3) is 4.72. The second-order valence-corrected chi connectivity index (χ2v) is 5.64. The highest BCUT2D eigenvalue weighted by atomic mass is 35.5. The number of hydrogen-bond acceptors (Lipinski definition) is 6. The van der Waals surface area contributed by atoms with E-state index in [0.29, 0.717) is 24.8 Å². The van der Waals surface area contributed by atoms with Crippen LogP contribution in [0.1, 0.15) is 11.3 Å². The van der Waals surface area contributed by atoms with Crippen LogP contribution in [0.5, 0.6) is 11.8 Å². The van der Waals surface area contributed by atoms with Gasteiger partial charge >= 0.3 is 6.01 Å². The first kappa shape index (κ1) is 18.6. The molecule has 2 aromatic carbocycles. The lowest BCUT2D eigenvalue weighted by molar-refractivity contribution is 0.426. The Kier molecular flexibility index (Phi) is 6.19. The second-order valence-electron chi connectivity index (χ2n) is 5.64. The number of tetrazole rings is 1. The van der Waals surface area contributed by atoms with E-state index < -0.39 is 0 Å². The lowest BCUT2D eigenvalue weighted by Crippen LogP contribution is -2.12. The molecule has 0 saturated heterocycles. The SMILES string of the molecule is Cl.c1ccc(-n2nnnc2Oc2cccc(CNCc3ccco3)c2)cc1. The van der Waals surface area contributed by atoms with E-state index in [-0.39, 0.29) is 12.4 Å². The topological polar surface area (TPSA) is 78.0 Å². The highest BCUT2D eigenvalue weighted by molar-refractivity contribution is 5.85. The average Bonchev–Trinajstić information content (AvgIpc) is 3.35. The minimum absolute atomic E-state index is 0. The van der Waals surface area contributed by atoms with Gasteiger partial charge in [0.15, 0.2) is 0 Å². The second kappa shape index (κ2) is 8.98. The Morgan fingerprint density at radius 2 is 1.85 bits per heavy atom. The van der Waals surface area contributed by atoms with Crippen LogP contribution in [0.2, 0.25) is 0 Å². The van der Waals surface area contributed by atoms with E-state index in [2.05, 4.69) is 20.8 Å². The maximum absolute atomic E-state index is 5.88. The van der Waals surface area contributed by atoms with Crippen LogP contribution in [0.3, 0.4) is 0 Å². The quantitative estimate of drug-likeness (QED) is 0.523. The summed E-state index contributed by atoms with van der Waals surface area (Å²) >= 11 is 0. The predicted molar refractivity (Wildman–Crippen MR) is 102 cm³/mol. The van der Waals surface area contributed by atoms with E-state index in [4.69, 9.17) is 9.15 Å². The molecule has 4 aromatic rings. The lowest BCUT2D eigenvalue weighted by Gasteiger charge is -2.08. The summed E-state index contributed by atoms with van der Waals surface area (Å²) in [5.41, 5.74) is 1.93. The number of nitrogens with one attached hydrogen (secondary N) is 1. The van der Waals surface area contributed by atoms with Gasteiger partial charge in [-0.25, -0.2) is 0 Å². The highest BCUT2D eigenvalue weighted by Crippen LogP contribution is 2.22. The van der Waals surface area contributed by atoms with Crippen molar-refractivity contribution in [2.75, 3.05) is 0 Å². The number of furan rings is 1. The summed E-state index contributed by atoms with van der Waals surface area (Å²) in [5.74, 6) is 1.58. The minimum Gasteiger partial charge on any atom is -0.468 e. The molecule has 0 atom stereocenters. The van der Waals surface area contributed by atoms with Gasteiger partial charge in [-0.3, -0.25) is 0 Å². The fraction of sp³-hybridized carbons (Fsp3) is 0.105. The summed E-state index contributed by atoms with van der Waals surface area (Å²) in [4.78, 5) is 0. The van der Waals surface area contributed by atoms with Crippen molar-refractivity contribution in [3.8, 4) is 17.4 Å². The van der Waals surface area contributed by atoms with Gasteiger partial charge in [-0.2, -0.15) is 4.68 Å². The molecule has 27 heavy (non-hydrogen) atoms. The van der Waals surface area contributed by atoms with Gasteiger partial charge in [0, 0.05) is 6.54 Å². The molecule has 0 bridgehead atoms. The van der Waals surface area contributed by atoms with Gasteiger partial charge in [0.1, 0.15) is 11.5 Å². The average molecular weight is 384 g/mol. The van der Waals surface area contributed by atoms with Crippen LogP contribution in [0.4, 0.5) is 0 Å². The Labute approximate surface area is 162 Å². The van der Waals surface area contributed by atoms with Gasteiger partial charge in [-0.1, -0.05) is 35.4 Å². The van der Waals surface area contributed by atoms with Crippen molar-refractivity contribution in [3.05, 3.63) is 84.3 Å². The van der Waals surface area contributed by atoms with E-state index in [1.165, 1.54) is 0 Å². The van der Waals surface area contributed by atoms with Gasteiger partial charge in [0.2, 0.25) is 0 Å². The highest BCUT2D eigenvalue weighted by Gasteiger charge is 2.10. The van der Waals surface area contributed by atoms with E-state index in [1.54, 1.807) is 10.9 Å². The molecule has 0 spiro atoms. The summed E-state index contributed by atoms with van der Waals surface area (Å²) in [6.45, 7) is 1.37. The molecule has 2 heterocycles. The minimum atomic E-state index is 0. The summed E-state index contributed by atoms with van der Waals surface area (Å²) in [7, 11) is 0. The molecule has 0 amide bonds. The molecule has 0 radical (unpaired) electrons. The van der Waals surface area contributed by atoms with Crippen LogP contribution in [0, 0.1) is 0 Å². The van der Waals surface area contributed by atoms with Crippen molar-refractivity contribution in [1.29, 1.82) is 0 Å². The van der Waals surface area contributed by atoms with Crippen molar-refractivity contribution in [1.82, 2.24) is 25.5 Å². The number of benzene rings is 2. The lowest BCUT2D eigenvalue weighted by atomic mass is 10.2. The zero-order valence-corrected chi connectivity index (χ0v) is 15.2. The van der Waals surface area contributed by atoms with Crippen LogP contribution in [-0.2, 0) is 13.1 Å². The molecule has 0 aliphatic rings. The fourth-order valence-electron chi connectivity index (χ4n) is 2.54. The zero-order chi connectivity index (χ0) is 17.6. The molecule has 0 unspecified atom stereocenters. The molecular weight excluding hydrogens is 366 g/mol. The van der Waals surface area contributed by atoms with Crippen LogP contribution >= 0.6 is 12.4 Å². The molecule has 4 rings (SSSR count). The van der Waals surface area contributed by atoms with Crippen molar-refractivity contribution in [2.45, 2.75) is 13.1 Å². The third-order valence-electron chi connectivity index (χ3n) is 3.76. The first-order valence-corrected chi connectivity index (χ1v) is 8.22. The van der Waals surface area contributed by atoms with Crippen LogP contribution < -0.4 is 10.1 Å².